The molecular weight excluding hydrogens is 502 g/mol. The third kappa shape index (κ3) is 8.58. The lowest BCUT2D eigenvalue weighted by Gasteiger charge is -2.37. The number of nitrogens with one attached hydrogen (secondary N) is 1. The number of hydrogen-bond acceptors (Lipinski definition) is 5. The highest BCUT2D eigenvalue weighted by Crippen LogP contribution is 2.37. The van der Waals surface area contributed by atoms with Crippen molar-refractivity contribution in [3.63, 3.8) is 0 Å². The Morgan fingerprint density at radius 2 is 1.03 bits per heavy atom. The Morgan fingerprint density at radius 3 is 1.46 bits per heavy atom. The van der Waals surface area contributed by atoms with Crippen molar-refractivity contribution in [1.29, 1.82) is 0 Å². The van der Waals surface area contributed by atoms with Crippen LogP contribution in [0.25, 0.3) is 0 Å². The summed E-state index contributed by atoms with van der Waals surface area (Å²) in [7, 11) is -1.94. The molecule has 39 heavy (non-hydrogen) atoms. The normalized spacial score (nSPS) is 21.8. The fourth-order valence-corrected chi connectivity index (χ4v) is 5.59. The summed E-state index contributed by atoms with van der Waals surface area (Å²) < 4.78 is 26.2. The van der Waals surface area contributed by atoms with Crippen LogP contribution in [-0.4, -0.2) is 45.8 Å². The molecule has 0 unspecified atom stereocenters. The van der Waals surface area contributed by atoms with Crippen LogP contribution in [0.3, 0.4) is 0 Å². The Kier molecular flexibility index (Phi) is 10.5. The minimum absolute atomic E-state index is 0.00561. The van der Waals surface area contributed by atoms with Crippen LogP contribution in [0.15, 0.2) is 91.0 Å². The van der Waals surface area contributed by atoms with Crippen LogP contribution in [-0.2, 0) is 38.5 Å². The lowest BCUT2D eigenvalue weighted by Crippen LogP contribution is -2.47. The molecule has 210 valence electrons. The average molecular weight is 548 g/mol. The Morgan fingerprint density at radius 1 is 0.615 bits per heavy atom. The SMILES string of the molecule is CC(C)(C)[Si](C)(C)OC[C@H]1N[C@@H](COCc2ccccc2)[C@@H](OCc2ccccc2)[C@H]1OCc1ccccc1. The zero-order chi connectivity index (χ0) is 27.7. The van der Waals surface area contributed by atoms with E-state index in [1.54, 1.807) is 0 Å². The van der Waals surface area contributed by atoms with Crippen molar-refractivity contribution in [2.75, 3.05) is 13.2 Å². The molecule has 0 amide bonds. The van der Waals surface area contributed by atoms with Crippen molar-refractivity contribution < 1.29 is 18.6 Å². The van der Waals surface area contributed by atoms with E-state index in [9.17, 15) is 0 Å². The van der Waals surface area contributed by atoms with Crippen LogP contribution in [0.2, 0.25) is 18.1 Å². The fourth-order valence-electron chi connectivity index (χ4n) is 4.56. The molecule has 0 aromatic heterocycles. The molecule has 0 aliphatic carbocycles. The van der Waals surface area contributed by atoms with Crippen LogP contribution in [0.4, 0.5) is 0 Å². The Labute approximate surface area is 236 Å². The van der Waals surface area contributed by atoms with Crippen molar-refractivity contribution in [3.05, 3.63) is 108 Å². The number of ether oxygens (including phenoxy) is 3. The summed E-state index contributed by atoms with van der Waals surface area (Å²) in [6, 6.07) is 30.9. The minimum atomic E-state index is -1.94. The maximum Gasteiger partial charge on any atom is 0.192 e. The number of benzene rings is 3. The van der Waals surface area contributed by atoms with Crippen LogP contribution < -0.4 is 5.32 Å². The monoisotopic (exact) mass is 547 g/mol. The van der Waals surface area contributed by atoms with Gasteiger partial charge < -0.3 is 24.0 Å². The van der Waals surface area contributed by atoms with Gasteiger partial charge in [0, 0.05) is 0 Å². The summed E-state index contributed by atoms with van der Waals surface area (Å²) in [5.74, 6) is 0. The van der Waals surface area contributed by atoms with Crippen LogP contribution in [0.1, 0.15) is 37.5 Å². The first-order valence-electron chi connectivity index (χ1n) is 14.1. The second-order valence-electron chi connectivity index (χ2n) is 12.0. The van der Waals surface area contributed by atoms with E-state index in [-0.39, 0.29) is 29.3 Å². The fraction of sp³-hybridized carbons (Fsp3) is 0.455. The topological polar surface area (TPSA) is 49.0 Å². The van der Waals surface area contributed by atoms with Gasteiger partial charge in [-0.2, -0.15) is 0 Å². The van der Waals surface area contributed by atoms with E-state index in [2.05, 4.69) is 75.6 Å². The highest BCUT2D eigenvalue weighted by atomic mass is 28.4. The molecule has 1 fully saturated rings. The smallest absolute Gasteiger partial charge is 0.192 e. The molecule has 1 N–H and O–H groups in total. The maximum atomic E-state index is 6.69. The molecule has 5 nitrogen and oxygen atoms in total. The summed E-state index contributed by atoms with van der Waals surface area (Å²) in [4.78, 5) is 0. The molecule has 6 heteroatoms. The largest absolute Gasteiger partial charge is 0.415 e. The van der Waals surface area contributed by atoms with Gasteiger partial charge in [0.1, 0.15) is 12.2 Å². The van der Waals surface area contributed by atoms with Gasteiger partial charge in [-0.3, -0.25) is 0 Å². The quantitative estimate of drug-likeness (QED) is 0.240. The van der Waals surface area contributed by atoms with Crippen LogP contribution >= 0.6 is 0 Å². The van der Waals surface area contributed by atoms with Gasteiger partial charge in [-0.15, -0.1) is 0 Å². The number of rotatable bonds is 13. The summed E-state index contributed by atoms with van der Waals surface area (Å²) in [5.41, 5.74) is 3.45. The van der Waals surface area contributed by atoms with Crippen LogP contribution in [0, 0.1) is 0 Å². The Bertz CT molecular complexity index is 1100. The molecule has 0 spiro atoms. The predicted octanol–water partition coefficient (Wildman–Crippen LogP) is 6.74. The Hall–Kier alpha value is -2.32. The summed E-state index contributed by atoms with van der Waals surface area (Å²) in [6.07, 6.45) is -0.360. The average Bonchev–Trinajstić information content (AvgIpc) is 3.26. The first kappa shape index (κ1) is 29.7. The van der Waals surface area contributed by atoms with Gasteiger partial charge in [-0.25, -0.2) is 0 Å². The molecule has 0 radical (unpaired) electrons. The molecule has 3 aromatic rings. The van der Waals surface area contributed by atoms with Gasteiger partial charge in [0.05, 0.1) is 45.1 Å². The molecule has 0 saturated carbocycles. The van der Waals surface area contributed by atoms with Crippen molar-refractivity contribution in [3.8, 4) is 0 Å². The van der Waals surface area contributed by atoms with Crippen molar-refractivity contribution in [2.24, 2.45) is 0 Å². The molecular formula is C33H45NO4Si. The number of hydrogen-bond donors (Lipinski definition) is 1. The lowest BCUT2D eigenvalue weighted by atomic mass is 10.1. The predicted molar refractivity (Wildman–Crippen MR) is 160 cm³/mol. The zero-order valence-electron chi connectivity index (χ0n) is 24.1. The van der Waals surface area contributed by atoms with Crippen molar-refractivity contribution >= 4 is 8.32 Å². The highest BCUT2D eigenvalue weighted by Gasteiger charge is 2.46. The van der Waals surface area contributed by atoms with Gasteiger partial charge in [-0.05, 0) is 34.8 Å². The third-order valence-electron chi connectivity index (χ3n) is 7.95. The van der Waals surface area contributed by atoms with Crippen molar-refractivity contribution in [2.45, 2.75) is 83.0 Å². The van der Waals surface area contributed by atoms with Gasteiger partial charge in [0.25, 0.3) is 0 Å². The summed E-state index contributed by atoms with van der Waals surface area (Å²) in [6.45, 7) is 14.1. The standard InChI is InChI=1S/C33H45NO4Si/c1-33(2,3)39(4,5)38-25-30-32(37-23-28-19-13-8-14-20-28)31(36-22-27-17-11-7-12-18-27)29(34-30)24-35-21-26-15-9-6-10-16-26/h6-20,29-32,34H,21-25H2,1-5H3/t29-,30+,31+,32-/m0/s1. The van der Waals surface area contributed by atoms with E-state index in [0.29, 0.717) is 33.0 Å². The second kappa shape index (κ2) is 13.8. The van der Waals surface area contributed by atoms with Crippen molar-refractivity contribution in [1.82, 2.24) is 5.32 Å². The molecule has 4 rings (SSSR count). The van der Waals surface area contributed by atoms with E-state index in [1.807, 2.05) is 54.6 Å². The Balaban J connectivity index is 1.51. The molecule has 1 aliphatic rings. The summed E-state index contributed by atoms with van der Waals surface area (Å²) >= 11 is 0. The van der Waals surface area contributed by atoms with Gasteiger partial charge >= 0.3 is 0 Å². The summed E-state index contributed by atoms with van der Waals surface area (Å²) in [5, 5.41) is 3.93. The molecule has 3 aromatic carbocycles. The maximum absolute atomic E-state index is 6.69. The van der Waals surface area contributed by atoms with Gasteiger partial charge in [0.2, 0.25) is 0 Å². The molecule has 0 bridgehead atoms. The highest BCUT2D eigenvalue weighted by molar-refractivity contribution is 6.74. The van der Waals surface area contributed by atoms with E-state index in [1.165, 1.54) is 0 Å². The first-order valence-corrected chi connectivity index (χ1v) is 17.0. The van der Waals surface area contributed by atoms with E-state index < -0.39 is 8.32 Å². The second-order valence-corrected chi connectivity index (χ2v) is 16.8. The first-order chi connectivity index (χ1) is 18.7. The molecule has 1 aliphatic heterocycles. The van der Waals surface area contributed by atoms with E-state index in [0.717, 1.165) is 16.7 Å². The zero-order valence-corrected chi connectivity index (χ0v) is 25.1. The van der Waals surface area contributed by atoms with E-state index in [4.69, 9.17) is 18.6 Å². The molecule has 1 saturated heterocycles. The third-order valence-corrected chi connectivity index (χ3v) is 12.5. The molecule has 1 heterocycles. The minimum Gasteiger partial charge on any atom is -0.415 e. The van der Waals surface area contributed by atoms with Crippen LogP contribution in [0.5, 0.6) is 0 Å². The lowest BCUT2D eigenvalue weighted by molar-refractivity contribution is -0.0883. The van der Waals surface area contributed by atoms with Gasteiger partial charge in [0.15, 0.2) is 8.32 Å². The van der Waals surface area contributed by atoms with Gasteiger partial charge in [-0.1, -0.05) is 112 Å². The van der Waals surface area contributed by atoms with E-state index >= 15 is 0 Å². The molecule has 4 atom stereocenters.